The molecule has 1 amide bonds. The van der Waals surface area contributed by atoms with Crippen LogP contribution in [-0.4, -0.2) is 30.9 Å². The van der Waals surface area contributed by atoms with E-state index in [1.54, 1.807) is 0 Å². The number of carbonyl (C=O) groups is 1. The number of hydrogen-bond acceptors (Lipinski definition) is 5. The van der Waals surface area contributed by atoms with Crippen molar-refractivity contribution in [2.75, 3.05) is 6.61 Å². The zero-order valence-corrected chi connectivity index (χ0v) is 22.7. The number of benzene rings is 2. The Morgan fingerprint density at radius 2 is 1.61 bits per heavy atom. The third kappa shape index (κ3) is 9.71. The third-order valence-corrected chi connectivity index (χ3v) is 7.53. The highest BCUT2D eigenvalue weighted by molar-refractivity contribution is 5.67. The van der Waals surface area contributed by atoms with Crippen LogP contribution in [0.15, 0.2) is 66.9 Å². The van der Waals surface area contributed by atoms with E-state index in [1.165, 1.54) is 44.9 Å². The Balaban J connectivity index is 1.16. The normalized spacial score (nSPS) is 17.1. The monoisotopic (exact) mass is 520 g/mol. The first kappa shape index (κ1) is 28.0. The Kier molecular flexibility index (Phi) is 11.4. The largest absolute Gasteiger partial charge is 0.494 e. The zero-order chi connectivity index (χ0) is 26.4. The Labute approximate surface area is 228 Å². The highest BCUT2D eigenvalue weighted by Gasteiger charge is 2.24. The number of amides is 1. The summed E-state index contributed by atoms with van der Waals surface area (Å²) in [7, 11) is 0. The van der Waals surface area contributed by atoms with Crippen LogP contribution in [-0.2, 0) is 22.6 Å². The smallest absolute Gasteiger partial charge is 0.407 e. The molecule has 2 aliphatic rings. The molecule has 6 heteroatoms. The van der Waals surface area contributed by atoms with Crippen LogP contribution in [0.25, 0.3) is 0 Å². The molecule has 206 valence electrons. The molecule has 6 nitrogen and oxygen atoms in total. The van der Waals surface area contributed by atoms with E-state index in [-0.39, 0.29) is 12.6 Å². The molecule has 2 N–H and O–H groups in total. The summed E-state index contributed by atoms with van der Waals surface area (Å²) in [6.45, 7) is 5.63. The molecule has 0 bridgehead atoms. The molecule has 0 heterocycles. The molecule has 0 aliphatic heterocycles. The van der Waals surface area contributed by atoms with Gasteiger partial charge in [-0.05, 0) is 74.6 Å². The van der Waals surface area contributed by atoms with Gasteiger partial charge < -0.3 is 24.8 Å². The number of alkyl carbamates (subject to hydrolysis) is 1. The summed E-state index contributed by atoms with van der Waals surface area (Å²) in [5, 5.41) is 6.65. The molecular weight excluding hydrogens is 476 g/mol. The summed E-state index contributed by atoms with van der Waals surface area (Å²) in [5.74, 6) is 1.74. The molecule has 0 spiro atoms. The predicted molar refractivity (Wildman–Crippen MR) is 151 cm³/mol. The van der Waals surface area contributed by atoms with Crippen LogP contribution in [0.3, 0.4) is 0 Å². The van der Waals surface area contributed by atoms with Gasteiger partial charge in [0.15, 0.2) is 0 Å². The first-order chi connectivity index (χ1) is 18.7. The van der Waals surface area contributed by atoms with E-state index in [0.29, 0.717) is 25.3 Å². The van der Waals surface area contributed by atoms with Crippen LogP contribution in [0.5, 0.6) is 5.75 Å². The second kappa shape index (κ2) is 15.4. The lowest BCUT2D eigenvalue weighted by Gasteiger charge is -2.30. The summed E-state index contributed by atoms with van der Waals surface area (Å²) in [6, 6.07) is 18.2. The molecule has 2 aromatic rings. The van der Waals surface area contributed by atoms with Gasteiger partial charge in [0.05, 0.1) is 18.8 Å². The van der Waals surface area contributed by atoms with Crippen LogP contribution in [0.2, 0.25) is 0 Å². The third-order valence-electron chi connectivity index (χ3n) is 7.53. The summed E-state index contributed by atoms with van der Waals surface area (Å²) in [5.41, 5.74) is 1.96. The lowest BCUT2D eigenvalue weighted by molar-refractivity contribution is 0.0989. The van der Waals surface area contributed by atoms with Gasteiger partial charge in [-0.25, -0.2) is 4.79 Å². The number of rotatable bonds is 14. The SMILES string of the molecule is C=C(OC1CCCC1)[C@H](CCCOc1ccc(CNC(=O)OCc2ccccc2)cc1)NC1CCCCC1. The van der Waals surface area contributed by atoms with Crippen molar-refractivity contribution >= 4 is 6.09 Å². The molecule has 0 saturated heterocycles. The molecule has 38 heavy (non-hydrogen) atoms. The van der Waals surface area contributed by atoms with Gasteiger partial charge in [-0.2, -0.15) is 0 Å². The van der Waals surface area contributed by atoms with Gasteiger partial charge >= 0.3 is 6.09 Å². The highest BCUT2D eigenvalue weighted by atomic mass is 16.5. The molecular formula is C32H44N2O4. The maximum absolute atomic E-state index is 12.0. The minimum Gasteiger partial charge on any atom is -0.494 e. The van der Waals surface area contributed by atoms with Gasteiger partial charge in [0.2, 0.25) is 0 Å². The van der Waals surface area contributed by atoms with Crippen LogP contribution in [0.4, 0.5) is 4.79 Å². The average Bonchev–Trinajstić information content (AvgIpc) is 3.47. The molecule has 2 aromatic carbocycles. The van der Waals surface area contributed by atoms with Crippen LogP contribution in [0, 0.1) is 0 Å². The lowest BCUT2D eigenvalue weighted by atomic mass is 9.94. The fraction of sp³-hybridized carbons (Fsp3) is 0.531. The van der Waals surface area contributed by atoms with Gasteiger partial charge in [-0.15, -0.1) is 0 Å². The van der Waals surface area contributed by atoms with Crippen molar-refractivity contribution in [1.82, 2.24) is 10.6 Å². The van der Waals surface area contributed by atoms with Gasteiger partial charge in [-0.3, -0.25) is 0 Å². The standard InChI is InChI=1S/C32H44N2O4/c1-25(38-30-15-8-9-16-30)31(34-28-13-6-3-7-14-28)17-10-22-36-29-20-18-26(19-21-29)23-33-32(35)37-24-27-11-4-2-5-12-27/h2,4-5,11-12,18-21,28,30-31,34H,1,3,6-10,13-17,22-24H2,(H,33,35)/t31-/m0/s1. The minimum absolute atomic E-state index is 0.178. The van der Waals surface area contributed by atoms with E-state index in [4.69, 9.17) is 14.2 Å². The average molecular weight is 521 g/mol. The second-order valence-corrected chi connectivity index (χ2v) is 10.6. The molecule has 2 saturated carbocycles. The van der Waals surface area contributed by atoms with Gasteiger partial charge in [-0.1, -0.05) is 68.3 Å². The van der Waals surface area contributed by atoms with Crippen molar-refractivity contribution in [3.63, 3.8) is 0 Å². The summed E-state index contributed by atoms with van der Waals surface area (Å²) in [4.78, 5) is 12.0. The number of hydrogen-bond donors (Lipinski definition) is 2. The van der Waals surface area contributed by atoms with E-state index in [9.17, 15) is 4.79 Å². The maximum atomic E-state index is 12.0. The molecule has 0 unspecified atom stereocenters. The highest BCUT2D eigenvalue weighted by Crippen LogP contribution is 2.26. The van der Waals surface area contributed by atoms with Crippen LogP contribution in [0.1, 0.15) is 81.8 Å². The van der Waals surface area contributed by atoms with Crippen molar-refractivity contribution in [3.05, 3.63) is 78.1 Å². The fourth-order valence-electron chi connectivity index (χ4n) is 5.32. The Morgan fingerprint density at radius 3 is 2.34 bits per heavy atom. The molecule has 4 rings (SSSR count). The molecule has 2 fully saturated rings. The Bertz CT molecular complexity index is 967. The van der Waals surface area contributed by atoms with Crippen LogP contribution >= 0.6 is 0 Å². The topological polar surface area (TPSA) is 68.8 Å². The number of nitrogens with one attached hydrogen (secondary N) is 2. The maximum Gasteiger partial charge on any atom is 0.407 e. The first-order valence-corrected chi connectivity index (χ1v) is 14.4. The Morgan fingerprint density at radius 1 is 0.895 bits per heavy atom. The van der Waals surface area contributed by atoms with E-state index in [1.807, 2.05) is 54.6 Å². The Hall–Kier alpha value is -2.99. The number of carbonyl (C=O) groups excluding carboxylic acids is 1. The fourth-order valence-corrected chi connectivity index (χ4v) is 5.32. The first-order valence-electron chi connectivity index (χ1n) is 14.4. The van der Waals surface area contributed by atoms with Crippen molar-refractivity contribution in [1.29, 1.82) is 0 Å². The minimum atomic E-state index is -0.427. The van der Waals surface area contributed by atoms with Crippen molar-refractivity contribution in [2.24, 2.45) is 0 Å². The lowest BCUT2D eigenvalue weighted by Crippen LogP contribution is -2.41. The summed E-state index contributed by atoms with van der Waals surface area (Å²) in [6.07, 6.45) is 13.1. The predicted octanol–water partition coefficient (Wildman–Crippen LogP) is 7.04. The van der Waals surface area contributed by atoms with Crippen molar-refractivity contribution in [2.45, 2.75) is 102 Å². The van der Waals surface area contributed by atoms with E-state index < -0.39 is 6.09 Å². The zero-order valence-electron chi connectivity index (χ0n) is 22.7. The number of ether oxygens (including phenoxy) is 3. The van der Waals surface area contributed by atoms with Crippen molar-refractivity contribution < 1.29 is 19.0 Å². The van der Waals surface area contributed by atoms with E-state index in [2.05, 4.69) is 17.2 Å². The van der Waals surface area contributed by atoms with Gasteiger partial charge in [0.25, 0.3) is 0 Å². The van der Waals surface area contributed by atoms with Crippen LogP contribution < -0.4 is 15.4 Å². The summed E-state index contributed by atoms with van der Waals surface area (Å²) < 4.78 is 17.6. The molecule has 0 aromatic heterocycles. The molecule has 2 aliphatic carbocycles. The summed E-state index contributed by atoms with van der Waals surface area (Å²) >= 11 is 0. The van der Waals surface area contributed by atoms with E-state index >= 15 is 0 Å². The van der Waals surface area contributed by atoms with Crippen molar-refractivity contribution in [3.8, 4) is 5.75 Å². The molecule has 0 radical (unpaired) electrons. The second-order valence-electron chi connectivity index (χ2n) is 10.6. The van der Waals surface area contributed by atoms with E-state index in [0.717, 1.165) is 48.3 Å². The van der Waals surface area contributed by atoms with Gasteiger partial charge in [0, 0.05) is 12.6 Å². The molecule has 1 atom stereocenters. The quantitative estimate of drug-likeness (QED) is 0.207. The van der Waals surface area contributed by atoms with Gasteiger partial charge in [0.1, 0.15) is 18.1 Å².